The number of hydrogen-bond acceptors (Lipinski definition) is 3. The van der Waals surface area contributed by atoms with Crippen molar-refractivity contribution in [3.63, 3.8) is 0 Å². The van der Waals surface area contributed by atoms with Crippen molar-refractivity contribution in [3.8, 4) is 0 Å². The fourth-order valence-electron chi connectivity index (χ4n) is 1.39. The number of carbonyl (C=O) groups excluding carboxylic acids is 1. The maximum Gasteiger partial charge on any atom is 0.224 e. The zero-order valence-electron chi connectivity index (χ0n) is 10.3. The van der Waals surface area contributed by atoms with Gasteiger partial charge in [0, 0.05) is 16.7 Å². The van der Waals surface area contributed by atoms with Crippen molar-refractivity contribution in [2.45, 2.75) is 29.9 Å². The lowest BCUT2D eigenvalue weighted by atomic mass is 10.1. The Bertz CT molecular complexity index is 351. The van der Waals surface area contributed by atoms with E-state index in [0.29, 0.717) is 11.7 Å². The molecule has 0 aliphatic carbocycles. The fourth-order valence-corrected chi connectivity index (χ4v) is 1.90. The fraction of sp³-hybridized carbons (Fsp3) is 0.462. The summed E-state index contributed by atoms with van der Waals surface area (Å²) in [6.45, 7) is 2.92. The Morgan fingerprint density at radius 1 is 1.41 bits per heavy atom. The minimum atomic E-state index is 0.0882. The smallest absolute Gasteiger partial charge is 0.224 e. The quantitative estimate of drug-likeness (QED) is 0.778. The summed E-state index contributed by atoms with van der Waals surface area (Å²) in [5, 5.41) is 3.54. The summed E-state index contributed by atoms with van der Waals surface area (Å²) in [5.41, 5.74) is 1.03. The van der Waals surface area contributed by atoms with E-state index in [0.717, 1.165) is 23.4 Å². The van der Waals surface area contributed by atoms with Crippen LogP contribution in [0.15, 0.2) is 29.2 Å². The van der Waals surface area contributed by atoms with Gasteiger partial charge in [-0.25, -0.2) is 0 Å². The summed E-state index contributed by atoms with van der Waals surface area (Å²) in [7, 11) is 0. The highest BCUT2D eigenvalue weighted by Crippen LogP contribution is 2.09. The van der Waals surface area contributed by atoms with Gasteiger partial charge in [-0.3, -0.25) is 4.79 Å². The van der Waals surface area contributed by atoms with E-state index < -0.39 is 0 Å². The second-order valence-corrected chi connectivity index (χ2v) is 5.82. The van der Waals surface area contributed by atoms with E-state index in [-0.39, 0.29) is 5.91 Å². The third kappa shape index (κ3) is 6.03. The van der Waals surface area contributed by atoms with Crippen LogP contribution in [-0.4, -0.2) is 24.0 Å². The number of benzene rings is 1. The first-order valence-electron chi connectivity index (χ1n) is 5.69. The largest absolute Gasteiger partial charge is 0.356 e. The molecule has 0 saturated carbocycles. The molecule has 2 nitrogen and oxygen atoms in total. The van der Waals surface area contributed by atoms with Crippen LogP contribution in [0.2, 0.25) is 0 Å². The van der Waals surface area contributed by atoms with E-state index in [1.54, 1.807) is 0 Å². The van der Waals surface area contributed by atoms with Gasteiger partial charge < -0.3 is 5.32 Å². The summed E-state index contributed by atoms with van der Waals surface area (Å²) in [5.74, 6) is 0.0882. The van der Waals surface area contributed by atoms with Crippen LogP contribution in [0, 0.1) is 0 Å². The molecule has 1 aromatic carbocycles. The van der Waals surface area contributed by atoms with E-state index in [1.807, 2.05) is 36.0 Å². The predicted octanol–water partition coefficient (Wildman–Crippen LogP) is 2.78. The number of amides is 1. The second-order valence-electron chi connectivity index (χ2n) is 4.03. The lowest BCUT2D eigenvalue weighted by molar-refractivity contribution is -0.120. The molecule has 1 atom stereocenters. The summed E-state index contributed by atoms with van der Waals surface area (Å²) < 4.78 is 0. The zero-order chi connectivity index (χ0) is 12.7. The molecular weight excluding hydrogens is 250 g/mol. The Hall–Kier alpha value is -0.610. The second kappa shape index (κ2) is 7.67. The Morgan fingerprint density at radius 2 is 2.06 bits per heavy atom. The molecule has 1 N–H and O–H groups in total. The average Bonchev–Trinajstić information content (AvgIpc) is 2.32. The molecule has 0 bridgehead atoms. The minimum Gasteiger partial charge on any atom is -0.356 e. The molecule has 94 valence electrons. The first-order chi connectivity index (χ1) is 8.11. The lowest BCUT2D eigenvalue weighted by Crippen LogP contribution is -2.27. The molecule has 0 aliphatic heterocycles. The predicted molar refractivity (Wildman–Crippen MR) is 78.0 cm³/mol. The Balaban J connectivity index is 2.27. The van der Waals surface area contributed by atoms with E-state index >= 15 is 0 Å². The summed E-state index contributed by atoms with van der Waals surface area (Å²) in [4.78, 5) is 12.5. The molecule has 1 amide bonds. The molecular formula is C13H19NOS2. The number of rotatable bonds is 6. The Labute approximate surface area is 113 Å². The van der Waals surface area contributed by atoms with Crippen LogP contribution in [0.4, 0.5) is 0 Å². The highest BCUT2D eigenvalue weighted by Gasteiger charge is 2.04. The summed E-state index contributed by atoms with van der Waals surface area (Å²) in [6, 6.07) is 7.68. The number of thiol groups is 1. The van der Waals surface area contributed by atoms with Crippen LogP contribution in [-0.2, 0) is 11.2 Å². The van der Waals surface area contributed by atoms with Crippen LogP contribution >= 0.6 is 24.4 Å². The molecule has 0 radical (unpaired) electrons. The molecule has 0 saturated heterocycles. The molecule has 0 aromatic heterocycles. The third-order valence-electron chi connectivity index (χ3n) is 2.58. The number of nitrogens with one attached hydrogen (secondary N) is 1. The minimum absolute atomic E-state index is 0.0882. The third-order valence-corrected chi connectivity index (χ3v) is 3.92. The van der Waals surface area contributed by atoms with Crippen molar-refractivity contribution in [1.29, 1.82) is 0 Å². The number of thioether (sulfide) groups is 1. The molecule has 0 spiro atoms. The van der Waals surface area contributed by atoms with Gasteiger partial charge in [0.25, 0.3) is 0 Å². The van der Waals surface area contributed by atoms with Crippen molar-refractivity contribution in [2.75, 3.05) is 12.8 Å². The highest BCUT2D eigenvalue weighted by atomic mass is 32.2. The van der Waals surface area contributed by atoms with E-state index in [2.05, 4.69) is 31.1 Å². The van der Waals surface area contributed by atoms with Crippen molar-refractivity contribution < 1.29 is 4.79 Å². The van der Waals surface area contributed by atoms with Crippen LogP contribution in [0.5, 0.6) is 0 Å². The first-order valence-corrected chi connectivity index (χ1v) is 7.42. The molecule has 1 rings (SSSR count). The van der Waals surface area contributed by atoms with E-state index in [1.165, 1.54) is 0 Å². The SMILES string of the molecule is CSC(C)CCNC(=O)Cc1ccc(S)cc1. The van der Waals surface area contributed by atoms with Crippen molar-refractivity contribution >= 4 is 30.3 Å². The van der Waals surface area contributed by atoms with Gasteiger partial charge in [0.2, 0.25) is 5.91 Å². The standard InChI is InChI=1S/C13H19NOS2/c1-10(17-2)7-8-14-13(15)9-11-3-5-12(16)6-4-11/h3-6,10,16H,7-9H2,1-2H3,(H,14,15). The average molecular weight is 269 g/mol. The van der Waals surface area contributed by atoms with Gasteiger partial charge in [0.05, 0.1) is 6.42 Å². The first kappa shape index (κ1) is 14.5. The van der Waals surface area contributed by atoms with Gasteiger partial charge in [0.1, 0.15) is 0 Å². The zero-order valence-corrected chi connectivity index (χ0v) is 12.0. The monoisotopic (exact) mass is 269 g/mol. The lowest BCUT2D eigenvalue weighted by Gasteiger charge is -2.09. The van der Waals surface area contributed by atoms with Crippen molar-refractivity contribution in [3.05, 3.63) is 29.8 Å². The topological polar surface area (TPSA) is 29.1 Å². The summed E-state index contributed by atoms with van der Waals surface area (Å²) >= 11 is 6.03. The molecule has 17 heavy (non-hydrogen) atoms. The van der Waals surface area contributed by atoms with Crippen molar-refractivity contribution in [2.24, 2.45) is 0 Å². The van der Waals surface area contributed by atoms with E-state index in [9.17, 15) is 4.79 Å². The van der Waals surface area contributed by atoms with Crippen LogP contribution < -0.4 is 5.32 Å². The Morgan fingerprint density at radius 3 is 2.65 bits per heavy atom. The van der Waals surface area contributed by atoms with Crippen LogP contribution in [0.1, 0.15) is 18.9 Å². The number of hydrogen-bond donors (Lipinski definition) is 2. The van der Waals surface area contributed by atoms with Crippen molar-refractivity contribution in [1.82, 2.24) is 5.32 Å². The number of carbonyl (C=O) groups is 1. The molecule has 0 aliphatic rings. The van der Waals surface area contributed by atoms with Gasteiger partial charge in [0.15, 0.2) is 0 Å². The van der Waals surface area contributed by atoms with Gasteiger partial charge in [-0.2, -0.15) is 11.8 Å². The molecule has 4 heteroatoms. The molecule has 1 aromatic rings. The van der Waals surface area contributed by atoms with Gasteiger partial charge >= 0.3 is 0 Å². The molecule has 0 heterocycles. The van der Waals surface area contributed by atoms with Crippen LogP contribution in [0.25, 0.3) is 0 Å². The molecule has 1 unspecified atom stereocenters. The molecule has 0 fully saturated rings. The normalized spacial score (nSPS) is 12.2. The van der Waals surface area contributed by atoms with Gasteiger partial charge in [-0.05, 0) is 30.4 Å². The van der Waals surface area contributed by atoms with E-state index in [4.69, 9.17) is 0 Å². The van der Waals surface area contributed by atoms with Gasteiger partial charge in [-0.15, -0.1) is 12.6 Å². The highest BCUT2D eigenvalue weighted by molar-refractivity contribution is 7.99. The van der Waals surface area contributed by atoms with Gasteiger partial charge in [-0.1, -0.05) is 19.1 Å². The van der Waals surface area contributed by atoms with Crippen LogP contribution in [0.3, 0.4) is 0 Å². The summed E-state index contributed by atoms with van der Waals surface area (Å²) in [6.07, 6.45) is 3.55. The Kier molecular flexibility index (Phi) is 6.52. The maximum absolute atomic E-state index is 11.6. The maximum atomic E-state index is 11.6.